The van der Waals surface area contributed by atoms with E-state index in [2.05, 4.69) is 58.1 Å². The van der Waals surface area contributed by atoms with E-state index in [1.165, 1.54) is 0 Å². The van der Waals surface area contributed by atoms with Crippen LogP contribution < -0.4 is 20.7 Å². The number of pyridine rings is 2. The molecule has 1 saturated heterocycles. The maximum atomic E-state index is 15.8. The molecule has 0 spiro atoms. The van der Waals surface area contributed by atoms with Crippen LogP contribution in [0.25, 0.3) is 16.6 Å². The summed E-state index contributed by atoms with van der Waals surface area (Å²) < 4.78 is 15.8. The highest BCUT2D eigenvalue weighted by molar-refractivity contribution is 5.95. The highest BCUT2D eigenvalue weighted by Crippen LogP contribution is 2.36. The molecule has 1 aliphatic rings. The molecule has 6 nitrogen and oxygen atoms in total. The molecule has 0 saturated carbocycles. The number of aromatic nitrogens is 2. The van der Waals surface area contributed by atoms with Gasteiger partial charge in [-0.2, -0.15) is 5.12 Å². The van der Waals surface area contributed by atoms with E-state index in [0.29, 0.717) is 17.3 Å². The maximum Gasteiger partial charge on any atom is 0.0857 e. The first-order valence-corrected chi connectivity index (χ1v) is 13.8. The van der Waals surface area contributed by atoms with Crippen LogP contribution in [-0.2, 0) is 0 Å². The lowest BCUT2D eigenvalue weighted by atomic mass is 10.0. The van der Waals surface area contributed by atoms with Crippen LogP contribution >= 0.6 is 0 Å². The van der Waals surface area contributed by atoms with E-state index < -0.39 is 0 Å². The Hall–Kier alpha value is -4.91. The van der Waals surface area contributed by atoms with E-state index in [-0.39, 0.29) is 0 Å². The van der Waals surface area contributed by atoms with Crippen LogP contribution in [0.5, 0.6) is 0 Å². The van der Waals surface area contributed by atoms with Crippen molar-refractivity contribution in [3.8, 4) is 0 Å². The van der Waals surface area contributed by atoms with Gasteiger partial charge in [-0.15, -0.1) is 0 Å². The summed E-state index contributed by atoms with van der Waals surface area (Å²) in [6.45, 7) is 12.5. The van der Waals surface area contributed by atoms with E-state index in [0.717, 1.165) is 74.4 Å². The van der Waals surface area contributed by atoms with Crippen molar-refractivity contribution in [1.82, 2.24) is 9.97 Å². The third kappa shape index (κ3) is 5.57. The summed E-state index contributed by atoms with van der Waals surface area (Å²) in [7, 11) is 0. The highest BCUT2D eigenvalue weighted by atomic mass is 19.2. The van der Waals surface area contributed by atoms with Crippen LogP contribution in [-0.4, -0.2) is 23.1 Å². The van der Waals surface area contributed by atoms with E-state index in [1.54, 1.807) is 30.6 Å². The van der Waals surface area contributed by atoms with Gasteiger partial charge in [0.25, 0.3) is 0 Å². The Bertz CT molecular complexity index is 1730. The van der Waals surface area contributed by atoms with E-state index in [1.807, 2.05) is 55.5 Å². The van der Waals surface area contributed by atoms with Crippen molar-refractivity contribution in [2.75, 3.05) is 33.7 Å². The first-order valence-electron chi connectivity index (χ1n) is 13.8. The second-order valence-electron chi connectivity index (χ2n) is 10.8. The highest BCUT2D eigenvalue weighted by Gasteiger charge is 2.23. The number of rotatable bonds is 8. The molecule has 0 bridgehead atoms. The van der Waals surface area contributed by atoms with Gasteiger partial charge < -0.3 is 15.5 Å². The van der Waals surface area contributed by atoms with Crippen LogP contribution in [0.4, 0.5) is 38.6 Å². The lowest BCUT2D eigenvalue weighted by molar-refractivity contribution is 0.447. The molecule has 2 aromatic heterocycles. The Morgan fingerprint density at radius 3 is 2.39 bits per heavy atom. The summed E-state index contributed by atoms with van der Waals surface area (Å²) in [6.07, 6.45) is 3.44. The largest absolute Gasteiger partial charge is 0.371 e. The number of hydrogen-bond acceptors (Lipinski definition) is 6. The Labute approximate surface area is 240 Å². The summed E-state index contributed by atoms with van der Waals surface area (Å²) in [5.74, 6) is 0.682. The number of aryl methyl sites for hydroxylation is 2. The molecule has 0 atom stereocenters. The second-order valence-corrected chi connectivity index (χ2v) is 10.8. The van der Waals surface area contributed by atoms with Crippen molar-refractivity contribution in [1.29, 1.82) is 0 Å². The molecule has 7 heteroatoms. The molecule has 206 valence electrons. The van der Waals surface area contributed by atoms with Crippen molar-refractivity contribution in [3.05, 3.63) is 115 Å². The fourth-order valence-corrected chi connectivity index (χ4v) is 5.24. The molecule has 0 radical (unpaired) electrons. The van der Waals surface area contributed by atoms with E-state index >= 15 is 4.48 Å². The summed E-state index contributed by atoms with van der Waals surface area (Å²) >= 11 is 0. The van der Waals surface area contributed by atoms with Gasteiger partial charge in [-0.1, -0.05) is 30.1 Å². The zero-order valence-corrected chi connectivity index (χ0v) is 23.5. The average molecular weight is 545 g/mol. The molecule has 2 N–H and O–H groups in total. The maximum absolute atomic E-state index is 15.8. The monoisotopic (exact) mass is 544 g/mol. The topological polar surface area (TPSA) is 56.3 Å². The number of halogens is 1. The number of fused-ring (bicyclic) bond motifs is 1. The Morgan fingerprint density at radius 1 is 0.902 bits per heavy atom. The van der Waals surface area contributed by atoms with Gasteiger partial charge in [0.15, 0.2) is 0 Å². The van der Waals surface area contributed by atoms with Gasteiger partial charge in [-0.3, -0.25) is 9.97 Å². The molecule has 41 heavy (non-hydrogen) atoms. The van der Waals surface area contributed by atoms with E-state index in [4.69, 9.17) is 0 Å². The van der Waals surface area contributed by atoms with Gasteiger partial charge in [-0.05, 0) is 97.6 Å². The summed E-state index contributed by atoms with van der Waals surface area (Å²) in [6, 6.07) is 25.2. The van der Waals surface area contributed by atoms with Gasteiger partial charge in [0.1, 0.15) is 0 Å². The number of hydrogen-bond donors (Lipinski definition) is 2. The first-order chi connectivity index (χ1) is 19.8. The Balaban J connectivity index is 1.16. The quantitative estimate of drug-likeness (QED) is 0.191. The zero-order valence-electron chi connectivity index (χ0n) is 23.5. The lowest BCUT2D eigenvalue weighted by Gasteiger charge is -2.39. The average Bonchev–Trinajstić information content (AvgIpc) is 2.96. The summed E-state index contributed by atoms with van der Waals surface area (Å²) in [5.41, 5.74) is 9.37. The SMILES string of the molecule is C=C(Nc1ccc(Nc2ccnc(C)c2)cc1C)c1ccc(N(F)c2ccnc3ccc(N4CC(C)C4)cc23)cc1. The van der Waals surface area contributed by atoms with Gasteiger partial charge >= 0.3 is 0 Å². The number of benzene rings is 3. The normalized spacial score (nSPS) is 13.1. The minimum Gasteiger partial charge on any atom is -0.371 e. The lowest BCUT2D eigenvalue weighted by Crippen LogP contribution is -2.45. The van der Waals surface area contributed by atoms with Gasteiger partial charge in [0, 0.05) is 65.0 Å². The van der Waals surface area contributed by atoms with Crippen molar-refractivity contribution < 1.29 is 4.48 Å². The minimum absolute atomic E-state index is 0.440. The standard InChI is InChI=1S/C34H33FN6/c1-22-20-40(21-22)30-10-12-33-31(19-30)34(14-16-37-33)41(35)29-8-5-26(6-9-29)25(4)38-32-11-7-27(17-23(32)2)39-28-13-15-36-24(3)18-28/h5-19,22,38H,4,20-21H2,1-3H3,(H,36,39). The van der Waals surface area contributed by atoms with Crippen LogP contribution in [0, 0.1) is 19.8 Å². The minimum atomic E-state index is 0.440. The molecular weight excluding hydrogens is 511 g/mol. The van der Waals surface area contributed by atoms with Crippen LogP contribution in [0.15, 0.2) is 97.8 Å². The molecule has 3 aromatic carbocycles. The predicted molar refractivity (Wildman–Crippen MR) is 169 cm³/mol. The molecule has 0 unspecified atom stereocenters. The number of nitrogens with zero attached hydrogens (tertiary/aromatic N) is 4. The summed E-state index contributed by atoms with van der Waals surface area (Å²) in [4.78, 5) is 11.0. The molecule has 5 aromatic rings. The second kappa shape index (κ2) is 10.9. The third-order valence-corrected chi connectivity index (χ3v) is 7.48. The molecular formula is C34H33FN6. The zero-order chi connectivity index (χ0) is 28.5. The fourth-order valence-electron chi connectivity index (χ4n) is 5.24. The molecule has 6 rings (SSSR count). The molecule has 1 fully saturated rings. The van der Waals surface area contributed by atoms with Crippen LogP contribution in [0.2, 0.25) is 0 Å². The summed E-state index contributed by atoms with van der Waals surface area (Å²) in [5, 5.41) is 8.34. The van der Waals surface area contributed by atoms with Gasteiger partial charge in [-0.25, -0.2) is 0 Å². The first kappa shape index (κ1) is 26.3. The Morgan fingerprint density at radius 2 is 1.66 bits per heavy atom. The third-order valence-electron chi connectivity index (χ3n) is 7.48. The van der Waals surface area contributed by atoms with Gasteiger partial charge in [0.05, 0.1) is 16.9 Å². The van der Waals surface area contributed by atoms with Gasteiger partial charge in [0.2, 0.25) is 0 Å². The fraction of sp³-hybridized carbons (Fsp3) is 0.176. The number of nitrogens with one attached hydrogen (secondary N) is 2. The molecule has 1 aliphatic heterocycles. The molecule has 0 aliphatic carbocycles. The predicted octanol–water partition coefficient (Wildman–Crippen LogP) is 8.55. The smallest absolute Gasteiger partial charge is 0.0857 e. The van der Waals surface area contributed by atoms with Crippen molar-refractivity contribution in [3.63, 3.8) is 0 Å². The number of anilines is 6. The Kier molecular flexibility index (Phi) is 7.01. The van der Waals surface area contributed by atoms with Crippen LogP contribution in [0.3, 0.4) is 0 Å². The molecule has 0 amide bonds. The van der Waals surface area contributed by atoms with Crippen molar-refractivity contribution in [2.45, 2.75) is 20.8 Å². The van der Waals surface area contributed by atoms with Crippen molar-refractivity contribution in [2.24, 2.45) is 5.92 Å². The van der Waals surface area contributed by atoms with E-state index in [9.17, 15) is 0 Å². The molecule has 3 heterocycles. The van der Waals surface area contributed by atoms with Crippen LogP contribution in [0.1, 0.15) is 23.7 Å². The van der Waals surface area contributed by atoms with Crippen molar-refractivity contribution >= 4 is 50.7 Å².